The smallest absolute Gasteiger partial charge is 0.227 e. The highest BCUT2D eigenvalue weighted by molar-refractivity contribution is 6.02. The summed E-state index contributed by atoms with van der Waals surface area (Å²) in [7, 11) is 0. The first-order chi connectivity index (χ1) is 12.7. The number of benzene rings is 2. The molecule has 5 nitrogen and oxygen atoms in total. The molecule has 3 rings (SSSR count). The highest BCUT2D eigenvalue weighted by Gasteiger charge is 2.24. The number of aryl methyl sites for hydroxylation is 1. The van der Waals surface area contributed by atoms with Gasteiger partial charge in [0.2, 0.25) is 11.8 Å². The predicted molar refractivity (Wildman–Crippen MR) is 103 cm³/mol. The van der Waals surface area contributed by atoms with E-state index in [1.54, 1.807) is 4.90 Å². The van der Waals surface area contributed by atoms with E-state index in [0.717, 1.165) is 23.4 Å². The summed E-state index contributed by atoms with van der Waals surface area (Å²) in [5.74, 6) is 0.860. The lowest BCUT2D eigenvalue weighted by Gasteiger charge is -2.20. The van der Waals surface area contributed by atoms with Crippen molar-refractivity contribution in [3.8, 4) is 5.75 Å². The van der Waals surface area contributed by atoms with Gasteiger partial charge in [0.15, 0.2) is 0 Å². The molecule has 0 aromatic heterocycles. The Morgan fingerprint density at radius 3 is 2.69 bits per heavy atom. The number of amides is 2. The van der Waals surface area contributed by atoms with E-state index in [2.05, 4.69) is 5.32 Å². The number of nitrogens with one attached hydrogen (secondary N) is 1. The van der Waals surface area contributed by atoms with Crippen LogP contribution in [0.5, 0.6) is 5.75 Å². The van der Waals surface area contributed by atoms with Crippen molar-refractivity contribution in [1.29, 1.82) is 0 Å². The van der Waals surface area contributed by atoms with Crippen molar-refractivity contribution in [2.75, 3.05) is 23.4 Å². The molecule has 26 heavy (non-hydrogen) atoms. The Kier molecular flexibility index (Phi) is 5.89. The highest BCUT2D eigenvalue weighted by Crippen LogP contribution is 2.29. The summed E-state index contributed by atoms with van der Waals surface area (Å²) in [4.78, 5) is 26.2. The molecule has 2 aromatic rings. The second-order valence-electron chi connectivity index (χ2n) is 6.25. The van der Waals surface area contributed by atoms with Gasteiger partial charge in [0.05, 0.1) is 18.0 Å². The lowest BCUT2D eigenvalue weighted by Crippen LogP contribution is -2.25. The van der Waals surface area contributed by atoms with Gasteiger partial charge in [-0.1, -0.05) is 30.3 Å². The van der Waals surface area contributed by atoms with Crippen molar-refractivity contribution >= 4 is 23.2 Å². The third-order valence-corrected chi connectivity index (χ3v) is 4.44. The van der Waals surface area contributed by atoms with E-state index >= 15 is 0 Å². The number of nitrogens with zero attached hydrogens (tertiary/aromatic N) is 1. The SMILES string of the molecule is CCOc1ccccc1CCC(=O)Nc1ccccc1N1CCCC1=O. The Bertz CT molecular complexity index is 788. The van der Waals surface area contributed by atoms with Crippen molar-refractivity contribution in [2.45, 2.75) is 32.6 Å². The molecule has 1 aliphatic heterocycles. The highest BCUT2D eigenvalue weighted by atomic mass is 16.5. The van der Waals surface area contributed by atoms with Crippen LogP contribution in [0, 0.1) is 0 Å². The van der Waals surface area contributed by atoms with Gasteiger partial charge in [0.1, 0.15) is 5.75 Å². The standard InChI is InChI=1S/C21H24N2O3/c1-2-26-19-11-6-3-8-16(19)13-14-20(24)22-17-9-4-5-10-18(17)23-15-7-12-21(23)25/h3-6,8-11H,2,7,12-15H2,1H3,(H,22,24). The number of hydrogen-bond donors (Lipinski definition) is 1. The van der Waals surface area contributed by atoms with Gasteiger partial charge in [0, 0.05) is 19.4 Å². The van der Waals surface area contributed by atoms with Gasteiger partial charge in [0.25, 0.3) is 0 Å². The molecule has 0 unspecified atom stereocenters. The number of carbonyl (C=O) groups is 2. The molecule has 2 amide bonds. The molecule has 0 aliphatic carbocycles. The van der Waals surface area contributed by atoms with E-state index in [4.69, 9.17) is 4.74 Å². The average molecular weight is 352 g/mol. The van der Waals surface area contributed by atoms with Crippen LogP contribution >= 0.6 is 0 Å². The molecule has 1 saturated heterocycles. The zero-order valence-corrected chi connectivity index (χ0v) is 15.0. The van der Waals surface area contributed by atoms with Crippen LogP contribution in [-0.4, -0.2) is 25.0 Å². The van der Waals surface area contributed by atoms with Crippen molar-refractivity contribution < 1.29 is 14.3 Å². The molecule has 0 atom stereocenters. The summed E-state index contributed by atoms with van der Waals surface area (Å²) < 4.78 is 5.61. The third-order valence-electron chi connectivity index (χ3n) is 4.44. The van der Waals surface area contributed by atoms with E-state index in [0.29, 0.717) is 38.1 Å². The summed E-state index contributed by atoms with van der Waals surface area (Å²) in [6, 6.07) is 15.2. The molecule has 1 N–H and O–H groups in total. The summed E-state index contributed by atoms with van der Waals surface area (Å²) in [5, 5.41) is 2.96. The first kappa shape index (κ1) is 18.0. The van der Waals surface area contributed by atoms with Gasteiger partial charge >= 0.3 is 0 Å². The van der Waals surface area contributed by atoms with Crippen LogP contribution in [0.15, 0.2) is 48.5 Å². The summed E-state index contributed by atoms with van der Waals surface area (Å²) in [6.07, 6.45) is 2.38. The molecule has 5 heteroatoms. The number of hydrogen-bond acceptors (Lipinski definition) is 3. The first-order valence-corrected chi connectivity index (χ1v) is 9.09. The minimum absolute atomic E-state index is 0.0737. The largest absolute Gasteiger partial charge is 0.494 e. The Balaban J connectivity index is 1.65. The summed E-state index contributed by atoms with van der Waals surface area (Å²) in [6.45, 7) is 3.24. The number of anilines is 2. The number of ether oxygens (including phenoxy) is 1. The Labute approximate surface area is 154 Å². The van der Waals surface area contributed by atoms with E-state index < -0.39 is 0 Å². The van der Waals surface area contributed by atoms with Gasteiger partial charge in [-0.15, -0.1) is 0 Å². The number of carbonyl (C=O) groups excluding carboxylic acids is 2. The van der Waals surface area contributed by atoms with Crippen molar-refractivity contribution in [3.63, 3.8) is 0 Å². The molecule has 0 saturated carbocycles. The van der Waals surface area contributed by atoms with Gasteiger partial charge < -0.3 is 15.0 Å². The van der Waals surface area contributed by atoms with E-state index in [-0.39, 0.29) is 11.8 Å². The fraction of sp³-hybridized carbons (Fsp3) is 0.333. The second kappa shape index (κ2) is 8.52. The van der Waals surface area contributed by atoms with Crippen LogP contribution in [0.3, 0.4) is 0 Å². The summed E-state index contributed by atoms with van der Waals surface area (Å²) >= 11 is 0. The second-order valence-corrected chi connectivity index (χ2v) is 6.25. The lowest BCUT2D eigenvalue weighted by atomic mass is 10.1. The van der Waals surface area contributed by atoms with Crippen LogP contribution in [0.2, 0.25) is 0 Å². The number of para-hydroxylation sites is 3. The Morgan fingerprint density at radius 1 is 1.15 bits per heavy atom. The molecule has 1 aliphatic rings. The van der Waals surface area contributed by atoms with E-state index in [9.17, 15) is 9.59 Å². The van der Waals surface area contributed by atoms with Crippen molar-refractivity contribution in [3.05, 3.63) is 54.1 Å². The number of rotatable bonds is 7. The van der Waals surface area contributed by atoms with Crippen molar-refractivity contribution in [1.82, 2.24) is 0 Å². The van der Waals surface area contributed by atoms with Crippen LogP contribution in [-0.2, 0) is 16.0 Å². The van der Waals surface area contributed by atoms with Crippen LogP contribution < -0.4 is 15.0 Å². The van der Waals surface area contributed by atoms with E-state index in [1.807, 2.05) is 55.5 Å². The third kappa shape index (κ3) is 4.23. The zero-order chi connectivity index (χ0) is 18.4. The zero-order valence-electron chi connectivity index (χ0n) is 15.0. The van der Waals surface area contributed by atoms with Gasteiger partial charge in [-0.2, -0.15) is 0 Å². The molecule has 0 bridgehead atoms. The fourth-order valence-electron chi connectivity index (χ4n) is 3.19. The monoisotopic (exact) mass is 352 g/mol. The first-order valence-electron chi connectivity index (χ1n) is 9.09. The Morgan fingerprint density at radius 2 is 1.92 bits per heavy atom. The molecule has 0 spiro atoms. The minimum atomic E-state index is -0.0737. The average Bonchev–Trinajstić information content (AvgIpc) is 3.07. The van der Waals surface area contributed by atoms with Gasteiger partial charge in [-0.25, -0.2) is 0 Å². The topological polar surface area (TPSA) is 58.6 Å². The molecular weight excluding hydrogens is 328 g/mol. The van der Waals surface area contributed by atoms with Gasteiger partial charge in [-0.05, 0) is 43.5 Å². The predicted octanol–water partition coefficient (Wildman–Crippen LogP) is 3.78. The van der Waals surface area contributed by atoms with Crippen LogP contribution in [0.4, 0.5) is 11.4 Å². The molecule has 0 radical (unpaired) electrons. The van der Waals surface area contributed by atoms with E-state index in [1.165, 1.54) is 0 Å². The maximum Gasteiger partial charge on any atom is 0.227 e. The van der Waals surface area contributed by atoms with Crippen molar-refractivity contribution in [2.24, 2.45) is 0 Å². The fourth-order valence-corrected chi connectivity index (χ4v) is 3.19. The van der Waals surface area contributed by atoms with Gasteiger partial charge in [-0.3, -0.25) is 9.59 Å². The molecular formula is C21H24N2O3. The normalized spacial score (nSPS) is 13.7. The molecule has 1 heterocycles. The molecule has 136 valence electrons. The molecule has 1 fully saturated rings. The minimum Gasteiger partial charge on any atom is -0.494 e. The maximum absolute atomic E-state index is 12.4. The maximum atomic E-state index is 12.4. The lowest BCUT2D eigenvalue weighted by molar-refractivity contribution is -0.117. The summed E-state index contributed by atoms with van der Waals surface area (Å²) in [5.41, 5.74) is 2.48. The van der Waals surface area contributed by atoms with Crippen LogP contribution in [0.1, 0.15) is 31.7 Å². The molecule has 2 aromatic carbocycles. The Hall–Kier alpha value is -2.82. The quantitative estimate of drug-likeness (QED) is 0.825. The van der Waals surface area contributed by atoms with Crippen LogP contribution in [0.25, 0.3) is 0 Å².